The lowest BCUT2D eigenvalue weighted by molar-refractivity contribution is 0.171. The summed E-state index contributed by atoms with van der Waals surface area (Å²) >= 11 is 0. The first-order valence-electron chi connectivity index (χ1n) is 7.94. The van der Waals surface area contributed by atoms with Gasteiger partial charge in [0.15, 0.2) is 0 Å². The minimum Gasteiger partial charge on any atom is -0.496 e. The molecule has 0 aromatic heterocycles. The number of likely N-dealkylation sites (tertiary alicyclic amines) is 1. The molecule has 0 saturated carbocycles. The Morgan fingerprint density at radius 1 is 1.10 bits per heavy atom. The van der Waals surface area contributed by atoms with Gasteiger partial charge in [0.1, 0.15) is 5.75 Å². The van der Waals surface area contributed by atoms with E-state index in [0.29, 0.717) is 17.9 Å². The Balaban J connectivity index is 2.13. The van der Waals surface area contributed by atoms with Gasteiger partial charge in [0.05, 0.1) is 7.11 Å². The van der Waals surface area contributed by atoms with Crippen LogP contribution < -0.4 is 4.74 Å². The highest BCUT2D eigenvalue weighted by Crippen LogP contribution is 2.36. The van der Waals surface area contributed by atoms with Gasteiger partial charge in [-0.3, -0.25) is 0 Å². The second-order valence-corrected chi connectivity index (χ2v) is 6.56. The Morgan fingerprint density at radius 2 is 1.75 bits per heavy atom. The molecule has 1 fully saturated rings. The normalized spacial score (nSPS) is 17.9. The highest BCUT2D eigenvalue weighted by Gasteiger charge is 2.24. The van der Waals surface area contributed by atoms with Crippen molar-refractivity contribution >= 4 is 0 Å². The zero-order chi connectivity index (χ0) is 14.7. The van der Waals surface area contributed by atoms with Crippen LogP contribution in [0.2, 0.25) is 0 Å². The van der Waals surface area contributed by atoms with E-state index in [4.69, 9.17) is 4.74 Å². The molecule has 0 bridgehead atoms. The van der Waals surface area contributed by atoms with E-state index in [-0.39, 0.29) is 0 Å². The molecule has 1 saturated heterocycles. The molecular weight excluding hydrogens is 246 g/mol. The van der Waals surface area contributed by atoms with Crippen molar-refractivity contribution in [2.45, 2.75) is 58.4 Å². The smallest absolute Gasteiger partial charge is 0.122 e. The third kappa shape index (κ3) is 3.35. The molecule has 2 rings (SSSR count). The molecule has 1 aromatic rings. The van der Waals surface area contributed by atoms with E-state index in [1.165, 1.54) is 37.1 Å². The van der Waals surface area contributed by atoms with Crippen LogP contribution in [0.3, 0.4) is 0 Å². The third-order valence-electron chi connectivity index (χ3n) is 4.62. The Morgan fingerprint density at radius 3 is 2.25 bits per heavy atom. The summed E-state index contributed by atoms with van der Waals surface area (Å²) in [5.74, 6) is 2.29. The second kappa shape index (κ2) is 6.62. The van der Waals surface area contributed by atoms with Crippen molar-refractivity contribution in [1.29, 1.82) is 0 Å². The maximum atomic E-state index is 5.65. The van der Waals surface area contributed by atoms with Gasteiger partial charge in [-0.1, -0.05) is 26.0 Å². The van der Waals surface area contributed by atoms with Crippen LogP contribution >= 0.6 is 0 Å². The quantitative estimate of drug-likeness (QED) is 0.807. The first-order chi connectivity index (χ1) is 9.52. The summed E-state index contributed by atoms with van der Waals surface area (Å²) in [6.07, 6.45) is 2.49. The van der Waals surface area contributed by atoms with E-state index in [1.54, 1.807) is 7.11 Å². The summed E-state index contributed by atoms with van der Waals surface area (Å²) in [7, 11) is 1.80. The fourth-order valence-corrected chi connectivity index (χ4v) is 3.15. The lowest BCUT2D eigenvalue weighted by atomic mass is 9.87. The highest BCUT2D eigenvalue weighted by molar-refractivity contribution is 5.41. The molecule has 0 spiro atoms. The molecule has 1 aromatic carbocycles. The zero-order valence-corrected chi connectivity index (χ0v) is 13.6. The minimum absolute atomic E-state index is 0.556. The number of benzene rings is 1. The monoisotopic (exact) mass is 275 g/mol. The molecule has 0 amide bonds. The lowest BCUT2D eigenvalue weighted by Crippen LogP contribution is -2.37. The van der Waals surface area contributed by atoms with E-state index >= 15 is 0 Å². The lowest BCUT2D eigenvalue weighted by Gasteiger charge is -2.35. The largest absolute Gasteiger partial charge is 0.496 e. The number of rotatable bonds is 4. The van der Waals surface area contributed by atoms with Crippen molar-refractivity contribution in [2.75, 3.05) is 20.2 Å². The average molecular weight is 275 g/mol. The Bertz CT molecular complexity index is 431. The standard InChI is InChI=1S/C18H29NO/c1-13(2)16-6-7-17(18(12-16)20-5)15-8-10-19(11-9-15)14(3)4/h6-7,12-15H,8-11H2,1-5H3. The minimum atomic E-state index is 0.556. The molecule has 20 heavy (non-hydrogen) atoms. The van der Waals surface area contributed by atoms with Gasteiger partial charge in [0, 0.05) is 6.04 Å². The maximum Gasteiger partial charge on any atom is 0.122 e. The maximum absolute atomic E-state index is 5.65. The SMILES string of the molecule is COc1cc(C(C)C)ccc1C1CCN(C(C)C)CC1. The molecule has 0 atom stereocenters. The van der Waals surface area contributed by atoms with Gasteiger partial charge in [0.2, 0.25) is 0 Å². The van der Waals surface area contributed by atoms with Gasteiger partial charge >= 0.3 is 0 Å². The fourth-order valence-electron chi connectivity index (χ4n) is 3.15. The van der Waals surface area contributed by atoms with Crippen LogP contribution in [0.5, 0.6) is 5.75 Å². The Labute approximate surface area is 124 Å². The van der Waals surface area contributed by atoms with Crippen LogP contribution in [-0.4, -0.2) is 31.1 Å². The van der Waals surface area contributed by atoms with Crippen LogP contribution in [0.4, 0.5) is 0 Å². The molecule has 2 heteroatoms. The average Bonchev–Trinajstić information content (AvgIpc) is 2.46. The topological polar surface area (TPSA) is 12.5 Å². The number of hydrogen-bond donors (Lipinski definition) is 0. The van der Waals surface area contributed by atoms with Crippen LogP contribution in [0.1, 0.15) is 63.5 Å². The predicted molar refractivity (Wildman–Crippen MR) is 85.8 cm³/mol. The number of piperidine rings is 1. The molecule has 0 unspecified atom stereocenters. The van der Waals surface area contributed by atoms with Gasteiger partial charge in [-0.05, 0) is 68.8 Å². The number of hydrogen-bond acceptors (Lipinski definition) is 2. The first-order valence-corrected chi connectivity index (χ1v) is 7.94. The molecule has 0 N–H and O–H groups in total. The molecule has 112 valence electrons. The van der Waals surface area contributed by atoms with Gasteiger partial charge in [0.25, 0.3) is 0 Å². The number of ether oxygens (including phenoxy) is 1. The van der Waals surface area contributed by atoms with Gasteiger partial charge in [-0.15, -0.1) is 0 Å². The van der Waals surface area contributed by atoms with Crippen LogP contribution in [0.15, 0.2) is 18.2 Å². The molecule has 0 aliphatic carbocycles. The van der Waals surface area contributed by atoms with E-state index in [1.807, 2.05) is 0 Å². The summed E-state index contributed by atoms with van der Waals surface area (Å²) in [5, 5.41) is 0. The van der Waals surface area contributed by atoms with Crippen molar-refractivity contribution < 1.29 is 4.74 Å². The Kier molecular flexibility index (Phi) is 5.09. The van der Waals surface area contributed by atoms with Crippen LogP contribution in [0, 0.1) is 0 Å². The highest BCUT2D eigenvalue weighted by atomic mass is 16.5. The Hall–Kier alpha value is -1.02. The molecular formula is C18H29NO. The van der Waals surface area contributed by atoms with E-state index in [2.05, 4.69) is 50.8 Å². The summed E-state index contributed by atoms with van der Waals surface area (Å²) in [4.78, 5) is 2.57. The zero-order valence-electron chi connectivity index (χ0n) is 13.6. The van der Waals surface area contributed by atoms with Crippen molar-refractivity contribution in [3.8, 4) is 5.75 Å². The van der Waals surface area contributed by atoms with Gasteiger partial charge < -0.3 is 9.64 Å². The molecule has 1 heterocycles. The number of nitrogens with zero attached hydrogens (tertiary/aromatic N) is 1. The molecule has 2 nitrogen and oxygen atoms in total. The molecule has 1 aliphatic heterocycles. The van der Waals surface area contributed by atoms with Crippen molar-refractivity contribution in [1.82, 2.24) is 4.90 Å². The second-order valence-electron chi connectivity index (χ2n) is 6.56. The number of methoxy groups -OCH3 is 1. The third-order valence-corrected chi connectivity index (χ3v) is 4.62. The summed E-state index contributed by atoms with van der Waals surface area (Å²) < 4.78 is 5.65. The first kappa shape index (κ1) is 15.4. The summed E-state index contributed by atoms with van der Waals surface area (Å²) in [6.45, 7) is 11.5. The molecule has 0 radical (unpaired) electrons. The van der Waals surface area contributed by atoms with Crippen LogP contribution in [0.25, 0.3) is 0 Å². The van der Waals surface area contributed by atoms with Crippen LogP contribution in [-0.2, 0) is 0 Å². The van der Waals surface area contributed by atoms with Crippen molar-refractivity contribution in [3.63, 3.8) is 0 Å². The summed E-state index contributed by atoms with van der Waals surface area (Å²) in [5.41, 5.74) is 2.77. The van der Waals surface area contributed by atoms with E-state index in [0.717, 1.165) is 5.75 Å². The fraction of sp³-hybridized carbons (Fsp3) is 0.667. The van der Waals surface area contributed by atoms with E-state index < -0.39 is 0 Å². The predicted octanol–water partition coefficient (Wildman–Crippen LogP) is 4.41. The molecule has 1 aliphatic rings. The summed E-state index contributed by atoms with van der Waals surface area (Å²) in [6, 6.07) is 7.47. The van der Waals surface area contributed by atoms with Crippen molar-refractivity contribution in [2.24, 2.45) is 0 Å². The van der Waals surface area contributed by atoms with E-state index in [9.17, 15) is 0 Å². The van der Waals surface area contributed by atoms with Gasteiger partial charge in [-0.2, -0.15) is 0 Å². The van der Waals surface area contributed by atoms with Gasteiger partial charge in [-0.25, -0.2) is 0 Å². The van der Waals surface area contributed by atoms with Crippen molar-refractivity contribution in [3.05, 3.63) is 29.3 Å².